The predicted octanol–water partition coefficient (Wildman–Crippen LogP) is 4.47. The number of rotatable bonds is 4. The molecule has 3 heterocycles. The van der Waals surface area contributed by atoms with E-state index in [4.69, 9.17) is 0 Å². The molecule has 28 heavy (non-hydrogen) atoms. The number of hydrogen-bond acceptors (Lipinski definition) is 3. The van der Waals surface area contributed by atoms with Crippen LogP contribution >= 0.6 is 11.3 Å². The largest absolute Gasteiger partial charge is 0.334 e. The normalized spacial score (nSPS) is 14.0. The standard InChI is InChI=1S/C22H26N4OS/c1-15-6-7-17(12-16(15)2)24-22(27)23-13-19-18-8-11-25(3)14-20(18)28-21(19)26-9-4-5-10-26/h4-7,9-10,12H,8,11,13-14H2,1-3H3,(H2,23,24,27). The lowest BCUT2D eigenvalue weighted by Gasteiger charge is -2.22. The van der Waals surface area contributed by atoms with E-state index >= 15 is 0 Å². The van der Waals surface area contributed by atoms with E-state index in [1.165, 1.54) is 32.1 Å². The van der Waals surface area contributed by atoms with Gasteiger partial charge in [0.05, 0.1) is 0 Å². The summed E-state index contributed by atoms with van der Waals surface area (Å²) in [7, 11) is 2.16. The van der Waals surface area contributed by atoms with Crippen LogP contribution in [0.25, 0.3) is 5.00 Å². The number of likely N-dealkylation sites (N-methyl/N-ethyl adjacent to an activating group) is 1. The first-order valence-electron chi connectivity index (χ1n) is 9.58. The Morgan fingerprint density at radius 1 is 1.18 bits per heavy atom. The third-order valence-corrected chi connectivity index (χ3v) is 6.64. The highest BCUT2D eigenvalue weighted by molar-refractivity contribution is 7.14. The molecule has 0 atom stereocenters. The number of nitrogens with zero attached hydrogens (tertiary/aromatic N) is 2. The maximum absolute atomic E-state index is 12.5. The fourth-order valence-electron chi connectivity index (χ4n) is 3.61. The molecule has 146 valence electrons. The second-order valence-corrected chi connectivity index (χ2v) is 8.56. The SMILES string of the molecule is Cc1ccc(NC(=O)NCc2c(-n3cccc3)sc3c2CCN(C)C3)cc1C. The molecule has 2 amide bonds. The lowest BCUT2D eigenvalue weighted by molar-refractivity contribution is 0.251. The number of thiophene rings is 1. The number of hydrogen-bond donors (Lipinski definition) is 2. The van der Waals surface area contributed by atoms with E-state index < -0.39 is 0 Å². The molecule has 0 radical (unpaired) electrons. The zero-order valence-corrected chi connectivity index (χ0v) is 17.4. The Morgan fingerprint density at radius 2 is 1.96 bits per heavy atom. The summed E-state index contributed by atoms with van der Waals surface area (Å²) in [6, 6.07) is 9.87. The van der Waals surface area contributed by atoms with Crippen LogP contribution < -0.4 is 10.6 Å². The minimum Gasteiger partial charge on any atom is -0.334 e. The molecule has 6 heteroatoms. The molecule has 2 aromatic heterocycles. The maximum Gasteiger partial charge on any atom is 0.319 e. The highest BCUT2D eigenvalue weighted by Crippen LogP contribution is 2.35. The molecule has 0 spiro atoms. The molecule has 3 aromatic rings. The van der Waals surface area contributed by atoms with E-state index in [1.807, 2.05) is 41.7 Å². The summed E-state index contributed by atoms with van der Waals surface area (Å²) in [5.74, 6) is 0. The molecule has 0 bridgehead atoms. The Hall–Kier alpha value is -2.57. The average Bonchev–Trinajstić information content (AvgIpc) is 3.30. The average molecular weight is 395 g/mol. The zero-order chi connectivity index (χ0) is 19.7. The number of carbonyl (C=O) groups is 1. The quantitative estimate of drug-likeness (QED) is 0.686. The van der Waals surface area contributed by atoms with Crippen LogP contribution in [0.2, 0.25) is 0 Å². The van der Waals surface area contributed by atoms with Crippen LogP contribution in [0, 0.1) is 13.8 Å². The topological polar surface area (TPSA) is 49.3 Å². The van der Waals surface area contributed by atoms with Crippen LogP contribution in [0.3, 0.4) is 0 Å². The monoisotopic (exact) mass is 394 g/mol. The Morgan fingerprint density at radius 3 is 2.71 bits per heavy atom. The molecule has 0 aliphatic carbocycles. The third kappa shape index (κ3) is 3.84. The van der Waals surface area contributed by atoms with Gasteiger partial charge in [-0.1, -0.05) is 6.07 Å². The first kappa shape index (κ1) is 18.8. The second kappa shape index (κ2) is 7.81. The van der Waals surface area contributed by atoms with Crippen molar-refractivity contribution in [2.24, 2.45) is 0 Å². The number of benzene rings is 1. The van der Waals surface area contributed by atoms with Crippen LogP contribution in [0.15, 0.2) is 42.7 Å². The number of nitrogens with one attached hydrogen (secondary N) is 2. The lowest BCUT2D eigenvalue weighted by Crippen LogP contribution is -2.30. The minimum atomic E-state index is -0.172. The number of carbonyl (C=O) groups excluding carboxylic acids is 1. The maximum atomic E-state index is 12.5. The molecule has 1 aliphatic rings. The Balaban J connectivity index is 1.52. The second-order valence-electron chi connectivity index (χ2n) is 7.47. The van der Waals surface area contributed by atoms with Crippen molar-refractivity contribution in [2.75, 3.05) is 18.9 Å². The zero-order valence-electron chi connectivity index (χ0n) is 16.6. The summed E-state index contributed by atoms with van der Waals surface area (Å²) in [4.78, 5) is 16.2. The number of fused-ring (bicyclic) bond motifs is 1. The van der Waals surface area contributed by atoms with Crippen molar-refractivity contribution in [1.82, 2.24) is 14.8 Å². The van der Waals surface area contributed by atoms with Gasteiger partial charge in [0, 0.05) is 48.2 Å². The summed E-state index contributed by atoms with van der Waals surface area (Å²) in [6.07, 6.45) is 5.17. The van der Waals surface area contributed by atoms with Gasteiger partial charge in [0.25, 0.3) is 0 Å². The minimum absolute atomic E-state index is 0.172. The molecule has 1 aliphatic heterocycles. The number of urea groups is 1. The van der Waals surface area contributed by atoms with Gasteiger partial charge < -0.3 is 20.1 Å². The fraction of sp³-hybridized carbons (Fsp3) is 0.318. The molecule has 2 N–H and O–H groups in total. The molecule has 0 saturated carbocycles. The van der Waals surface area contributed by atoms with Gasteiger partial charge in [-0.15, -0.1) is 11.3 Å². The molecule has 1 aromatic carbocycles. The number of aromatic nitrogens is 1. The molecule has 0 fully saturated rings. The van der Waals surface area contributed by atoms with Crippen molar-refractivity contribution in [1.29, 1.82) is 0 Å². The Labute approximate surface area is 170 Å². The molecule has 0 unspecified atom stereocenters. The van der Waals surface area contributed by atoms with E-state index in [0.29, 0.717) is 6.54 Å². The van der Waals surface area contributed by atoms with E-state index in [9.17, 15) is 4.79 Å². The fourth-order valence-corrected chi connectivity index (χ4v) is 5.02. The Bertz CT molecular complexity index is 990. The van der Waals surface area contributed by atoms with Gasteiger partial charge in [-0.3, -0.25) is 0 Å². The van der Waals surface area contributed by atoms with Crippen molar-refractivity contribution in [3.63, 3.8) is 0 Å². The summed E-state index contributed by atoms with van der Waals surface area (Å²) >= 11 is 1.83. The van der Waals surface area contributed by atoms with E-state index in [1.54, 1.807) is 0 Å². The molecule has 4 rings (SSSR count). The van der Waals surface area contributed by atoms with Gasteiger partial charge in [0.1, 0.15) is 5.00 Å². The van der Waals surface area contributed by atoms with Crippen LogP contribution in [0.4, 0.5) is 10.5 Å². The van der Waals surface area contributed by atoms with Gasteiger partial charge >= 0.3 is 6.03 Å². The summed E-state index contributed by atoms with van der Waals surface area (Å²) in [5, 5.41) is 7.22. The lowest BCUT2D eigenvalue weighted by atomic mass is 10.0. The van der Waals surface area contributed by atoms with Gasteiger partial charge in [-0.05, 0) is 68.3 Å². The smallest absolute Gasteiger partial charge is 0.319 e. The van der Waals surface area contributed by atoms with Crippen molar-refractivity contribution in [2.45, 2.75) is 33.4 Å². The summed E-state index contributed by atoms with van der Waals surface area (Å²) in [6.45, 7) is 6.68. The van der Waals surface area contributed by atoms with Crippen LogP contribution in [-0.2, 0) is 19.5 Å². The number of aryl methyl sites for hydroxylation is 2. The molecule has 5 nitrogen and oxygen atoms in total. The van der Waals surface area contributed by atoms with Crippen LogP contribution in [0.5, 0.6) is 0 Å². The predicted molar refractivity (Wildman–Crippen MR) is 115 cm³/mol. The first-order valence-corrected chi connectivity index (χ1v) is 10.4. The van der Waals surface area contributed by atoms with Crippen molar-refractivity contribution in [3.8, 4) is 5.00 Å². The molecule has 0 saturated heterocycles. The van der Waals surface area contributed by atoms with E-state index in [-0.39, 0.29) is 6.03 Å². The summed E-state index contributed by atoms with van der Waals surface area (Å²) in [5.41, 5.74) is 5.85. The van der Waals surface area contributed by atoms with Crippen molar-refractivity contribution >= 4 is 23.1 Å². The van der Waals surface area contributed by atoms with E-state index in [2.05, 4.69) is 53.4 Å². The van der Waals surface area contributed by atoms with Crippen LogP contribution in [0.1, 0.15) is 27.1 Å². The van der Waals surface area contributed by atoms with Crippen molar-refractivity contribution in [3.05, 3.63) is 69.9 Å². The molecular weight excluding hydrogens is 368 g/mol. The summed E-state index contributed by atoms with van der Waals surface area (Å²) < 4.78 is 2.15. The Kier molecular flexibility index (Phi) is 5.24. The first-order chi connectivity index (χ1) is 13.5. The van der Waals surface area contributed by atoms with Crippen molar-refractivity contribution < 1.29 is 4.79 Å². The highest BCUT2D eigenvalue weighted by atomic mass is 32.1. The number of anilines is 1. The van der Waals surface area contributed by atoms with Gasteiger partial charge in [0.15, 0.2) is 0 Å². The number of amides is 2. The van der Waals surface area contributed by atoms with Gasteiger partial charge in [-0.2, -0.15) is 0 Å². The van der Waals surface area contributed by atoms with Gasteiger partial charge in [0.2, 0.25) is 0 Å². The van der Waals surface area contributed by atoms with Crippen LogP contribution in [-0.4, -0.2) is 29.1 Å². The highest BCUT2D eigenvalue weighted by Gasteiger charge is 2.23. The van der Waals surface area contributed by atoms with Gasteiger partial charge in [-0.25, -0.2) is 4.79 Å². The third-order valence-electron chi connectivity index (χ3n) is 5.37. The molecular formula is C22H26N4OS. The van der Waals surface area contributed by atoms with E-state index in [0.717, 1.165) is 25.2 Å².